The number of carbonyl (C=O) groups excluding carboxylic acids is 2. The fourth-order valence-corrected chi connectivity index (χ4v) is 4.44. The Labute approximate surface area is 214 Å². The third kappa shape index (κ3) is 5.10. The Morgan fingerprint density at radius 2 is 1.85 bits per heavy atom. The number of ether oxygens (including phenoxy) is 2. The Balaban J connectivity index is 1.64. The Hall–Kier alpha value is -3.31. The fraction of sp³-hybridized carbons (Fsp3) is 0.0800. The van der Waals surface area contributed by atoms with Crippen LogP contribution in [0.25, 0.3) is 6.08 Å². The third-order valence-electron chi connectivity index (χ3n) is 4.95. The first-order chi connectivity index (χ1) is 16.4. The Morgan fingerprint density at radius 3 is 2.56 bits per heavy atom. The monoisotopic (exact) mass is 588 g/mol. The summed E-state index contributed by atoms with van der Waals surface area (Å²) in [6.07, 6.45) is 1.48. The number of thiocarbonyl (C=S) groups is 1. The molecule has 1 aliphatic heterocycles. The van der Waals surface area contributed by atoms with Gasteiger partial charge in [0.05, 0.1) is 16.4 Å². The van der Waals surface area contributed by atoms with Gasteiger partial charge in [-0.3, -0.25) is 19.8 Å². The molecule has 2 amide bonds. The van der Waals surface area contributed by atoms with Crippen LogP contribution in [-0.2, 0) is 16.2 Å². The van der Waals surface area contributed by atoms with Gasteiger partial charge in [0.1, 0.15) is 18.0 Å². The number of para-hydroxylation sites is 1. The lowest BCUT2D eigenvalue weighted by Crippen LogP contribution is -2.54. The SMILES string of the molecule is COc1cc(/C=C2/C(=O)NC(=S)N(c3ccccc3)C2=O)cc(I)c1OCc1cccc(F)c1. The molecule has 0 radical (unpaired) electrons. The van der Waals surface area contributed by atoms with Crippen LogP contribution in [-0.4, -0.2) is 24.0 Å². The third-order valence-corrected chi connectivity index (χ3v) is 6.04. The number of hydrogen-bond donors (Lipinski definition) is 1. The molecule has 172 valence electrons. The van der Waals surface area contributed by atoms with Crippen molar-refractivity contribution in [3.8, 4) is 11.5 Å². The van der Waals surface area contributed by atoms with E-state index in [4.69, 9.17) is 21.7 Å². The molecule has 0 unspecified atom stereocenters. The zero-order valence-corrected chi connectivity index (χ0v) is 20.9. The Bertz CT molecular complexity index is 1310. The van der Waals surface area contributed by atoms with Crippen LogP contribution < -0.4 is 19.7 Å². The van der Waals surface area contributed by atoms with Crippen molar-refractivity contribution in [2.45, 2.75) is 6.61 Å². The topological polar surface area (TPSA) is 67.9 Å². The summed E-state index contributed by atoms with van der Waals surface area (Å²) in [5, 5.41) is 2.59. The molecule has 1 fully saturated rings. The van der Waals surface area contributed by atoms with Crippen LogP contribution in [0.2, 0.25) is 0 Å². The van der Waals surface area contributed by atoms with Crippen LogP contribution in [0.1, 0.15) is 11.1 Å². The minimum absolute atomic E-state index is 0.0200. The molecule has 34 heavy (non-hydrogen) atoms. The molecule has 0 aliphatic carbocycles. The van der Waals surface area contributed by atoms with Crippen LogP contribution in [0.5, 0.6) is 11.5 Å². The number of carbonyl (C=O) groups is 2. The van der Waals surface area contributed by atoms with Crippen molar-refractivity contribution in [1.82, 2.24) is 5.32 Å². The molecule has 6 nitrogen and oxygen atoms in total. The summed E-state index contributed by atoms with van der Waals surface area (Å²) in [6.45, 7) is 0.148. The van der Waals surface area contributed by atoms with Crippen molar-refractivity contribution in [2.24, 2.45) is 0 Å². The van der Waals surface area contributed by atoms with Crippen molar-refractivity contribution in [3.63, 3.8) is 0 Å². The van der Waals surface area contributed by atoms with Crippen molar-refractivity contribution >= 4 is 63.5 Å². The summed E-state index contributed by atoms with van der Waals surface area (Å²) in [4.78, 5) is 27.0. The molecule has 0 aromatic heterocycles. The first-order valence-electron chi connectivity index (χ1n) is 10.1. The van der Waals surface area contributed by atoms with Gasteiger partial charge in [0.15, 0.2) is 16.6 Å². The van der Waals surface area contributed by atoms with E-state index < -0.39 is 11.8 Å². The van der Waals surface area contributed by atoms with Crippen molar-refractivity contribution in [2.75, 3.05) is 12.0 Å². The summed E-state index contributed by atoms with van der Waals surface area (Å²) in [5.74, 6) is -0.567. The molecule has 3 aromatic carbocycles. The molecule has 1 N–H and O–H groups in total. The molecule has 0 atom stereocenters. The second-order valence-corrected chi connectivity index (χ2v) is 8.79. The van der Waals surface area contributed by atoms with Crippen LogP contribution in [0.4, 0.5) is 10.1 Å². The fourth-order valence-electron chi connectivity index (χ4n) is 3.38. The molecule has 0 spiro atoms. The molecule has 1 saturated heterocycles. The van der Waals surface area contributed by atoms with Gasteiger partial charge in [-0.25, -0.2) is 4.39 Å². The largest absolute Gasteiger partial charge is 0.493 e. The maximum absolute atomic E-state index is 13.5. The number of rotatable bonds is 6. The molecule has 4 rings (SSSR count). The lowest BCUT2D eigenvalue weighted by Gasteiger charge is -2.28. The minimum atomic E-state index is -0.581. The van der Waals surface area contributed by atoms with Crippen molar-refractivity contribution in [1.29, 1.82) is 0 Å². The van der Waals surface area contributed by atoms with Gasteiger partial charge in [-0.1, -0.05) is 30.3 Å². The number of benzene rings is 3. The number of nitrogens with one attached hydrogen (secondary N) is 1. The smallest absolute Gasteiger partial charge is 0.270 e. The standard InChI is InChI=1S/C25H18FIN2O4S/c1-32-21-13-16(12-20(27)22(21)33-14-15-6-5-7-17(26)10-15)11-19-23(30)28-25(34)29(24(19)31)18-8-3-2-4-9-18/h2-13H,14H2,1H3,(H,28,30,34)/b19-11-. The van der Waals surface area contributed by atoms with Crippen LogP contribution in [0.15, 0.2) is 72.3 Å². The summed E-state index contributed by atoms with van der Waals surface area (Å²) in [7, 11) is 1.49. The zero-order valence-electron chi connectivity index (χ0n) is 17.9. The summed E-state index contributed by atoms with van der Waals surface area (Å²) < 4.78 is 25.5. The average molecular weight is 588 g/mol. The number of nitrogens with zero attached hydrogens (tertiary/aromatic N) is 1. The summed E-state index contributed by atoms with van der Waals surface area (Å²) in [5.41, 5.74) is 1.73. The van der Waals surface area contributed by atoms with Gasteiger partial charge in [0, 0.05) is 0 Å². The van der Waals surface area contributed by atoms with Crippen LogP contribution in [0, 0.1) is 9.39 Å². The predicted molar refractivity (Wildman–Crippen MR) is 139 cm³/mol. The number of methoxy groups -OCH3 is 1. The highest BCUT2D eigenvalue weighted by molar-refractivity contribution is 14.1. The van der Waals surface area contributed by atoms with E-state index in [1.165, 1.54) is 30.2 Å². The number of halogens is 2. The first kappa shape index (κ1) is 23.8. The second-order valence-electron chi connectivity index (χ2n) is 7.25. The Morgan fingerprint density at radius 1 is 1.09 bits per heavy atom. The maximum Gasteiger partial charge on any atom is 0.270 e. The van der Waals surface area contributed by atoms with Gasteiger partial charge in [-0.05, 0) is 88.4 Å². The molecule has 9 heteroatoms. The Kier molecular flexibility index (Phi) is 7.23. The van der Waals surface area contributed by atoms with E-state index in [0.29, 0.717) is 31.9 Å². The average Bonchev–Trinajstić information content (AvgIpc) is 2.81. The van der Waals surface area contributed by atoms with Crippen LogP contribution >= 0.6 is 34.8 Å². The van der Waals surface area contributed by atoms with Gasteiger partial charge in [-0.2, -0.15) is 0 Å². The summed E-state index contributed by atoms with van der Waals surface area (Å²) in [6, 6.07) is 18.4. The molecular formula is C25H18FIN2O4S. The van der Waals surface area contributed by atoms with E-state index in [2.05, 4.69) is 27.9 Å². The predicted octanol–water partition coefficient (Wildman–Crippen LogP) is 4.85. The van der Waals surface area contributed by atoms with Gasteiger partial charge in [-0.15, -0.1) is 0 Å². The normalized spacial score (nSPS) is 14.9. The lowest BCUT2D eigenvalue weighted by atomic mass is 10.1. The molecule has 0 bridgehead atoms. The molecular weight excluding hydrogens is 570 g/mol. The van der Waals surface area contributed by atoms with E-state index in [0.717, 1.165) is 0 Å². The van der Waals surface area contributed by atoms with E-state index in [1.807, 2.05) is 6.07 Å². The van der Waals surface area contributed by atoms with E-state index in [9.17, 15) is 14.0 Å². The van der Waals surface area contributed by atoms with Crippen molar-refractivity contribution < 1.29 is 23.5 Å². The summed E-state index contributed by atoms with van der Waals surface area (Å²) >= 11 is 7.30. The van der Waals surface area contributed by atoms with Crippen molar-refractivity contribution in [3.05, 3.63) is 92.8 Å². The minimum Gasteiger partial charge on any atom is -0.493 e. The molecule has 1 aliphatic rings. The lowest BCUT2D eigenvalue weighted by molar-refractivity contribution is -0.122. The second kappa shape index (κ2) is 10.3. The van der Waals surface area contributed by atoms with E-state index in [-0.39, 0.29) is 23.1 Å². The van der Waals surface area contributed by atoms with Gasteiger partial charge >= 0.3 is 0 Å². The molecule has 1 heterocycles. The molecule has 0 saturated carbocycles. The molecule has 3 aromatic rings. The van der Waals surface area contributed by atoms with Crippen LogP contribution in [0.3, 0.4) is 0 Å². The highest BCUT2D eigenvalue weighted by Gasteiger charge is 2.34. The van der Waals surface area contributed by atoms with E-state index >= 15 is 0 Å². The first-order valence-corrected chi connectivity index (χ1v) is 11.6. The quantitative estimate of drug-likeness (QED) is 0.193. The van der Waals surface area contributed by atoms with Gasteiger partial charge in [0.2, 0.25) is 0 Å². The highest BCUT2D eigenvalue weighted by atomic mass is 127. The maximum atomic E-state index is 13.5. The number of amides is 2. The number of hydrogen-bond acceptors (Lipinski definition) is 5. The number of anilines is 1. The highest BCUT2D eigenvalue weighted by Crippen LogP contribution is 2.35. The van der Waals surface area contributed by atoms with Gasteiger partial charge in [0.25, 0.3) is 11.8 Å². The van der Waals surface area contributed by atoms with E-state index in [1.54, 1.807) is 48.5 Å². The van der Waals surface area contributed by atoms with Gasteiger partial charge < -0.3 is 9.47 Å². The zero-order chi connectivity index (χ0) is 24.2.